The molecule has 1 aliphatic carbocycles. The largest absolute Gasteiger partial charge is 0.355 e. The van der Waals surface area contributed by atoms with E-state index >= 15 is 0 Å². The summed E-state index contributed by atoms with van der Waals surface area (Å²) in [7, 11) is 0. The molecule has 0 atom stereocenters. The van der Waals surface area contributed by atoms with Crippen molar-refractivity contribution >= 4 is 17.5 Å². The van der Waals surface area contributed by atoms with E-state index in [1.54, 1.807) is 12.1 Å². The van der Waals surface area contributed by atoms with Gasteiger partial charge in [0.2, 0.25) is 17.7 Å². The molecule has 2 N–H and O–H groups in total. The van der Waals surface area contributed by atoms with Crippen molar-refractivity contribution in [3.8, 4) is 0 Å². The van der Waals surface area contributed by atoms with Crippen molar-refractivity contribution in [1.29, 1.82) is 0 Å². The Hall–Kier alpha value is -2.70. The molecular weight excluding hydrogens is 308 g/mol. The highest BCUT2D eigenvalue weighted by atomic mass is 16.5. The number of anilines is 1. The summed E-state index contributed by atoms with van der Waals surface area (Å²) in [6.07, 6.45) is 3.10. The van der Waals surface area contributed by atoms with Gasteiger partial charge in [-0.1, -0.05) is 17.3 Å². The van der Waals surface area contributed by atoms with Crippen molar-refractivity contribution in [2.45, 2.75) is 38.5 Å². The van der Waals surface area contributed by atoms with Gasteiger partial charge in [0.05, 0.1) is 6.42 Å². The first-order chi connectivity index (χ1) is 11.6. The fourth-order valence-electron chi connectivity index (χ4n) is 2.34. The van der Waals surface area contributed by atoms with Crippen LogP contribution < -0.4 is 10.6 Å². The molecule has 1 saturated carbocycles. The van der Waals surface area contributed by atoms with Crippen LogP contribution in [0.1, 0.15) is 43.0 Å². The Morgan fingerprint density at radius 3 is 2.67 bits per heavy atom. The summed E-state index contributed by atoms with van der Waals surface area (Å²) in [6, 6.07) is 7.21. The van der Waals surface area contributed by atoms with E-state index < -0.39 is 0 Å². The first-order valence-electron chi connectivity index (χ1n) is 8.06. The van der Waals surface area contributed by atoms with E-state index in [-0.39, 0.29) is 11.8 Å². The van der Waals surface area contributed by atoms with Crippen LogP contribution in [0.15, 0.2) is 28.8 Å². The van der Waals surface area contributed by atoms with E-state index in [2.05, 4.69) is 20.8 Å². The zero-order valence-electron chi connectivity index (χ0n) is 13.5. The SMILES string of the molecule is CC(=O)Nc1ccc(CC(=O)NCCc2noc(C3CC3)n2)cc1. The Kier molecular flexibility index (Phi) is 4.88. The van der Waals surface area contributed by atoms with Gasteiger partial charge in [0.25, 0.3) is 0 Å². The summed E-state index contributed by atoms with van der Waals surface area (Å²) in [4.78, 5) is 27.2. The molecule has 2 amide bonds. The molecule has 0 unspecified atom stereocenters. The molecule has 0 radical (unpaired) electrons. The van der Waals surface area contributed by atoms with Crippen molar-refractivity contribution in [2.24, 2.45) is 0 Å². The van der Waals surface area contributed by atoms with Gasteiger partial charge in [0, 0.05) is 31.5 Å². The number of hydrogen-bond acceptors (Lipinski definition) is 5. The molecule has 126 valence electrons. The zero-order chi connectivity index (χ0) is 16.9. The molecule has 0 spiro atoms. The van der Waals surface area contributed by atoms with E-state index in [1.165, 1.54) is 6.92 Å². The van der Waals surface area contributed by atoms with Crippen LogP contribution in [0.2, 0.25) is 0 Å². The number of nitrogens with one attached hydrogen (secondary N) is 2. The molecule has 0 saturated heterocycles. The average molecular weight is 328 g/mol. The minimum absolute atomic E-state index is 0.0619. The van der Waals surface area contributed by atoms with Crippen LogP contribution in [-0.2, 0) is 22.4 Å². The van der Waals surface area contributed by atoms with E-state index in [9.17, 15) is 9.59 Å². The molecule has 2 aromatic rings. The van der Waals surface area contributed by atoms with Gasteiger partial charge in [0.1, 0.15) is 0 Å². The van der Waals surface area contributed by atoms with Crippen molar-refractivity contribution in [3.63, 3.8) is 0 Å². The van der Waals surface area contributed by atoms with Crippen molar-refractivity contribution in [3.05, 3.63) is 41.5 Å². The Labute approximate surface area is 139 Å². The highest BCUT2D eigenvalue weighted by Gasteiger charge is 2.29. The topological polar surface area (TPSA) is 97.1 Å². The fourth-order valence-corrected chi connectivity index (χ4v) is 2.34. The normalized spacial score (nSPS) is 13.5. The van der Waals surface area contributed by atoms with Crippen LogP contribution in [0.3, 0.4) is 0 Å². The van der Waals surface area contributed by atoms with Gasteiger partial charge in [-0.3, -0.25) is 9.59 Å². The molecular formula is C17H20N4O3. The number of carbonyl (C=O) groups is 2. The number of carbonyl (C=O) groups excluding carboxylic acids is 2. The van der Waals surface area contributed by atoms with Crippen LogP contribution in [0.5, 0.6) is 0 Å². The second-order valence-corrected chi connectivity index (χ2v) is 5.98. The number of aromatic nitrogens is 2. The lowest BCUT2D eigenvalue weighted by atomic mass is 10.1. The maximum absolute atomic E-state index is 11.9. The molecule has 7 heteroatoms. The van der Waals surface area contributed by atoms with Crippen LogP contribution in [0, 0.1) is 0 Å². The first-order valence-corrected chi connectivity index (χ1v) is 8.06. The monoisotopic (exact) mass is 328 g/mol. The standard InChI is InChI=1S/C17H20N4O3/c1-11(22)19-14-6-2-12(3-7-14)10-16(23)18-9-8-15-20-17(24-21-15)13-4-5-13/h2-3,6-7,13H,4-5,8-10H2,1H3,(H,18,23)(H,19,22). The average Bonchev–Trinajstić information content (AvgIpc) is 3.28. The maximum Gasteiger partial charge on any atom is 0.229 e. The molecule has 1 aromatic heterocycles. The van der Waals surface area contributed by atoms with Crippen molar-refractivity contribution in [2.75, 3.05) is 11.9 Å². The fraction of sp³-hybridized carbons (Fsp3) is 0.412. The molecule has 3 rings (SSSR count). The zero-order valence-corrected chi connectivity index (χ0v) is 13.5. The molecule has 0 bridgehead atoms. The van der Waals surface area contributed by atoms with Crippen molar-refractivity contribution < 1.29 is 14.1 Å². The highest BCUT2D eigenvalue weighted by Crippen LogP contribution is 2.38. The third-order valence-electron chi connectivity index (χ3n) is 3.72. The molecule has 1 heterocycles. The Balaban J connectivity index is 1.40. The van der Waals surface area contributed by atoms with Crippen LogP contribution in [0.4, 0.5) is 5.69 Å². The Bertz CT molecular complexity index is 720. The summed E-state index contributed by atoms with van der Waals surface area (Å²) in [6.45, 7) is 1.94. The summed E-state index contributed by atoms with van der Waals surface area (Å²) >= 11 is 0. The minimum Gasteiger partial charge on any atom is -0.355 e. The predicted molar refractivity (Wildman–Crippen MR) is 87.4 cm³/mol. The van der Waals surface area contributed by atoms with Crippen LogP contribution in [0.25, 0.3) is 0 Å². The van der Waals surface area contributed by atoms with Gasteiger partial charge < -0.3 is 15.2 Å². The maximum atomic E-state index is 11.9. The molecule has 1 aliphatic rings. The number of nitrogens with zero attached hydrogens (tertiary/aromatic N) is 2. The second-order valence-electron chi connectivity index (χ2n) is 5.98. The molecule has 1 aromatic carbocycles. The third kappa shape index (κ3) is 4.65. The summed E-state index contributed by atoms with van der Waals surface area (Å²) in [5, 5.41) is 9.46. The minimum atomic E-state index is -0.119. The third-order valence-corrected chi connectivity index (χ3v) is 3.72. The van der Waals surface area contributed by atoms with E-state index in [4.69, 9.17) is 4.52 Å². The summed E-state index contributed by atoms with van der Waals surface area (Å²) in [5.41, 5.74) is 1.60. The Morgan fingerprint density at radius 2 is 2.00 bits per heavy atom. The molecule has 0 aliphatic heterocycles. The van der Waals surface area contributed by atoms with Crippen molar-refractivity contribution in [1.82, 2.24) is 15.5 Å². The smallest absolute Gasteiger partial charge is 0.229 e. The lowest BCUT2D eigenvalue weighted by Gasteiger charge is -2.05. The summed E-state index contributed by atoms with van der Waals surface area (Å²) in [5.74, 6) is 1.62. The quantitative estimate of drug-likeness (QED) is 0.808. The highest BCUT2D eigenvalue weighted by molar-refractivity contribution is 5.88. The number of hydrogen-bond donors (Lipinski definition) is 2. The van der Waals surface area contributed by atoms with Gasteiger partial charge in [-0.15, -0.1) is 0 Å². The van der Waals surface area contributed by atoms with Crippen LogP contribution >= 0.6 is 0 Å². The molecule has 7 nitrogen and oxygen atoms in total. The van der Waals surface area contributed by atoms with Gasteiger partial charge in [-0.25, -0.2) is 0 Å². The van der Waals surface area contributed by atoms with E-state index in [1.807, 2.05) is 12.1 Å². The predicted octanol–water partition coefficient (Wildman–Crippen LogP) is 1.81. The van der Waals surface area contributed by atoms with Gasteiger partial charge in [0.15, 0.2) is 5.82 Å². The van der Waals surface area contributed by atoms with E-state index in [0.717, 1.165) is 30.0 Å². The number of benzene rings is 1. The molecule has 24 heavy (non-hydrogen) atoms. The summed E-state index contributed by atoms with van der Waals surface area (Å²) < 4.78 is 5.18. The first kappa shape index (κ1) is 16.2. The van der Waals surface area contributed by atoms with Gasteiger partial charge in [-0.05, 0) is 30.5 Å². The second kappa shape index (κ2) is 7.25. The Morgan fingerprint density at radius 1 is 1.25 bits per heavy atom. The molecule has 1 fully saturated rings. The lowest BCUT2D eigenvalue weighted by molar-refractivity contribution is -0.120. The number of amides is 2. The number of rotatable bonds is 7. The van der Waals surface area contributed by atoms with Gasteiger partial charge >= 0.3 is 0 Å². The van der Waals surface area contributed by atoms with E-state index in [0.29, 0.717) is 31.1 Å². The lowest BCUT2D eigenvalue weighted by Crippen LogP contribution is -2.27. The van der Waals surface area contributed by atoms with Crippen LogP contribution in [-0.4, -0.2) is 28.5 Å². The van der Waals surface area contributed by atoms with Gasteiger partial charge in [-0.2, -0.15) is 4.98 Å².